The summed E-state index contributed by atoms with van der Waals surface area (Å²) in [5.41, 5.74) is 4.68. The van der Waals surface area contributed by atoms with Crippen molar-refractivity contribution in [2.45, 2.75) is 102 Å². The molecular weight excluding hydrogens is 835 g/mol. The van der Waals surface area contributed by atoms with Crippen LogP contribution in [-0.4, -0.2) is 92.6 Å². The van der Waals surface area contributed by atoms with Gasteiger partial charge in [0.2, 0.25) is 11.8 Å². The van der Waals surface area contributed by atoms with Crippen LogP contribution in [0.15, 0.2) is 60.8 Å². The number of H-pyrrole nitrogens is 2. The average molecular weight is 889 g/mol. The minimum Gasteiger partial charge on any atom is -0.453 e. The number of imidazole rings is 2. The number of methoxy groups -OCH3 is 2. The predicted octanol–water partition coefficient (Wildman–Crippen LogP) is 8.61. The van der Waals surface area contributed by atoms with Crippen LogP contribution in [0.5, 0.6) is 0 Å². The van der Waals surface area contributed by atoms with Crippen molar-refractivity contribution in [1.29, 1.82) is 0 Å². The summed E-state index contributed by atoms with van der Waals surface area (Å²) in [6.45, 7) is 8.09. The van der Waals surface area contributed by atoms with Crippen LogP contribution in [0.25, 0.3) is 44.5 Å². The molecule has 2 saturated carbocycles. The van der Waals surface area contributed by atoms with Gasteiger partial charge in [0.1, 0.15) is 23.7 Å². The highest BCUT2D eigenvalue weighted by atomic mass is 19.3. The fourth-order valence-corrected chi connectivity index (χ4v) is 11.0. The molecule has 14 nitrogen and oxygen atoms in total. The SMILES string of the molecule is COC(=O)N[C@H](C(=O)N1CC2(CC2)C[C@H]1c1ncc(-c2ccc3c(c2)C(F)(F)c2cc(-c4ccc5nc([C@@H]6[C@H]7CCC(C7)N6C(=O)[C@@H](NC(=O)OC)C(C)C)[nH]c5c4)ccc2-3)[nH]1)C(C)C. The number of rotatable bonds is 10. The molecule has 4 amide bonds. The van der Waals surface area contributed by atoms with Crippen molar-refractivity contribution in [2.75, 3.05) is 20.8 Å². The molecule has 2 bridgehead atoms. The van der Waals surface area contributed by atoms with Crippen LogP contribution in [0.2, 0.25) is 0 Å². The zero-order valence-corrected chi connectivity index (χ0v) is 37.3. The van der Waals surface area contributed by atoms with Crippen LogP contribution in [0.3, 0.4) is 0 Å². The molecule has 4 heterocycles. The van der Waals surface area contributed by atoms with E-state index in [4.69, 9.17) is 19.4 Å². The third-order valence-corrected chi connectivity index (χ3v) is 14.7. The number of nitrogens with zero attached hydrogens (tertiary/aromatic N) is 4. The van der Waals surface area contributed by atoms with Gasteiger partial charge in [0.05, 0.1) is 49.2 Å². The summed E-state index contributed by atoms with van der Waals surface area (Å²) in [5.74, 6) is -2.53. The first kappa shape index (κ1) is 42.6. The van der Waals surface area contributed by atoms with E-state index in [2.05, 4.69) is 20.6 Å². The Morgan fingerprint density at radius 3 is 2.05 bits per heavy atom. The number of benzene rings is 3. The summed E-state index contributed by atoms with van der Waals surface area (Å²) < 4.78 is 43.0. The molecule has 3 aromatic carbocycles. The number of halogens is 2. The van der Waals surface area contributed by atoms with Gasteiger partial charge in [-0.3, -0.25) is 9.59 Å². The van der Waals surface area contributed by atoms with E-state index in [-0.39, 0.29) is 64.2 Å². The second-order valence-corrected chi connectivity index (χ2v) is 19.4. The van der Waals surface area contributed by atoms with Gasteiger partial charge in [0, 0.05) is 29.3 Å². The van der Waals surface area contributed by atoms with E-state index in [1.807, 2.05) is 62.9 Å². The number of aromatic nitrogens is 4. The molecule has 3 aliphatic carbocycles. The van der Waals surface area contributed by atoms with Crippen LogP contribution in [0, 0.1) is 23.2 Å². The molecule has 10 rings (SSSR count). The van der Waals surface area contributed by atoms with Crippen molar-refractivity contribution < 1.29 is 37.4 Å². The minimum atomic E-state index is -3.29. The molecule has 16 heteroatoms. The van der Waals surface area contributed by atoms with Gasteiger partial charge in [-0.05, 0) is 108 Å². The summed E-state index contributed by atoms with van der Waals surface area (Å²) in [7, 11) is 2.54. The van der Waals surface area contributed by atoms with Crippen molar-refractivity contribution in [3.8, 4) is 33.5 Å². The summed E-state index contributed by atoms with van der Waals surface area (Å²) in [5, 5.41) is 5.43. The number of hydrogen-bond acceptors (Lipinski definition) is 8. The molecule has 1 unspecified atom stereocenters. The highest BCUT2D eigenvalue weighted by molar-refractivity contribution is 5.89. The van der Waals surface area contributed by atoms with Gasteiger partial charge < -0.3 is 39.9 Å². The molecule has 4 fully saturated rings. The Morgan fingerprint density at radius 2 is 1.40 bits per heavy atom. The molecular formula is C49H54F2N8O6. The largest absolute Gasteiger partial charge is 0.453 e. The first-order valence-electron chi connectivity index (χ1n) is 22.6. The molecule has 65 heavy (non-hydrogen) atoms. The Kier molecular flexibility index (Phi) is 10.3. The molecule has 4 N–H and O–H groups in total. The molecule has 0 radical (unpaired) electrons. The topological polar surface area (TPSA) is 175 Å². The summed E-state index contributed by atoms with van der Waals surface area (Å²) in [4.78, 5) is 72.6. The van der Waals surface area contributed by atoms with Gasteiger partial charge in [0.15, 0.2) is 0 Å². The normalized spacial score (nSPS) is 22.9. The number of likely N-dealkylation sites (tertiary alicyclic amines) is 2. The monoisotopic (exact) mass is 888 g/mol. The number of fused-ring (bicyclic) bond motifs is 6. The van der Waals surface area contributed by atoms with Crippen LogP contribution < -0.4 is 10.6 Å². The second kappa shape index (κ2) is 15.7. The number of amides is 4. The van der Waals surface area contributed by atoms with Crippen LogP contribution in [0.4, 0.5) is 18.4 Å². The molecule has 5 aromatic rings. The standard InChI is InChI=1S/C49H54F2N8O6/c1-24(2)39(56-46(62)64-5)44(60)58-23-48(15-16-48)21-38(58)42-52-22-37(55-42)28-9-13-32-31-12-8-26(18-33(31)49(50,51)34(32)19-28)27-10-14-35-36(20-27)54-43(53-35)41-29-7-11-30(17-29)59(41)45(61)40(25(3)4)57-47(63)65-6/h8-10,12-14,18-20,22,24-25,29-30,38-41H,7,11,15-17,21,23H2,1-6H3,(H,52,55)(H,53,54)(H,56,62)(H,57,63)/t29-,30?,38-,39-,40-,41-/m0/s1. The van der Waals surface area contributed by atoms with Crippen molar-refractivity contribution in [3.63, 3.8) is 0 Å². The van der Waals surface area contributed by atoms with E-state index in [0.29, 0.717) is 51.7 Å². The number of aromatic amines is 2. The van der Waals surface area contributed by atoms with Gasteiger partial charge in [-0.2, -0.15) is 8.78 Å². The van der Waals surface area contributed by atoms with E-state index in [9.17, 15) is 19.2 Å². The van der Waals surface area contributed by atoms with Gasteiger partial charge in [-0.25, -0.2) is 19.6 Å². The van der Waals surface area contributed by atoms with E-state index >= 15 is 8.78 Å². The summed E-state index contributed by atoms with van der Waals surface area (Å²) in [6, 6.07) is 13.8. The van der Waals surface area contributed by atoms with Crippen molar-refractivity contribution >= 4 is 35.0 Å². The maximum atomic E-state index is 16.7. The Bertz CT molecular complexity index is 2740. The van der Waals surface area contributed by atoms with E-state index in [0.717, 1.165) is 49.6 Å². The maximum absolute atomic E-state index is 16.7. The lowest BCUT2D eigenvalue weighted by Gasteiger charge is -2.37. The third-order valence-electron chi connectivity index (χ3n) is 14.7. The lowest BCUT2D eigenvalue weighted by molar-refractivity contribution is -0.139. The van der Waals surface area contributed by atoms with Gasteiger partial charge in [0.25, 0.3) is 5.92 Å². The number of alkyl carbamates (subject to hydrolysis) is 2. The number of carbonyl (C=O) groups is 4. The first-order valence-corrected chi connectivity index (χ1v) is 22.6. The molecule has 2 aliphatic heterocycles. The molecule has 6 atom stereocenters. The smallest absolute Gasteiger partial charge is 0.407 e. The molecule has 5 aliphatic rings. The Morgan fingerprint density at radius 1 is 0.785 bits per heavy atom. The fraction of sp³-hybridized carbons (Fsp3) is 0.469. The number of nitrogens with one attached hydrogen (secondary N) is 4. The second-order valence-electron chi connectivity index (χ2n) is 19.4. The van der Waals surface area contributed by atoms with Crippen molar-refractivity contribution in [2.24, 2.45) is 23.2 Å². The predicted molar refractivity (Wildman–Crippen MR) is 237 cm³/mol. The average Bonchev–Trinajstić information content (AvgIpc) is 3.95. The maximum Gasteiger partial charge on any atom is 0.407 e. The van der Waals surface area contributed by atoms with Gasteiger partial charge in [-0.1, -0.05) is 58.0 Å². The van der Waals surface area contributed by atoms with E-state index in [1.165, 1.54) is 20.3 Å². The van der Waals surface area contributed by atoms with Gasteiger partial charge >= 0.3 is 12.2 Å². The number of carbonyl (C=O) groups excluding carboxylic acids is 4. The molecule has 2 aromatic heterocycles. The minimum absolute atomic E-state index is 0.0102. The number of ether oxygens (including phenoxy) is 2. The lowest BCUT2D eigenvalue weighted by atomic mass is 9.95. The quantitative estimate of drug-likeness (QED) is 0.108. The van der Waals surface area contributed by atoms with Crippen molar-refractivity contribution in [1.82, 2.24) is 40.4 Å². The highest BCUT2D eigenvalue weighted by Gasteiger charge is 2.56. The van der Waals surface area contributed by atoms with Crippen LogP contribution in [-0.2, 0) is 25.0 Å². The number of hydrogen-bond donors (Lipinski definition) is 4. The first-order chi connectivity index (χ1) is 31.1. The Labute approximate surface area is 375 Å². The fourth-order valence-electron chi connectivity index (χ4n) is 11.0. The number of alkyl halides is 2. The molecule has 2 saturated heterocycles. The van der Waals surface area contributed by atoms with Crippen molar-refractivity contribution in [3.05, 3.63) is 83.6 Å². The molecule has 340 valence electrons. The summed E-state index contributed by atoms with van der Waals surface area (Å²) in [6.07, 6.45) is 5.75. The van der Waals surface area contributed by atoms with Crippen LogP contribution in [0.1, 0.15) is 101 Å². The zero-order valence-electron chi connectivity index (χ0n) is 37.3. The van der Waals surface area contributed by atoms with Crippen LogP contribution >= 0.6 is 0 Å². The van der Waals surface area contributed by atoms with E-state index < -0.39 is 30.2 Å². The summed E-state index contributed by atoms with van der Waals surface area (Å²) >= 11 is 0. The third kappa shape index (κ3) is 7.19. The Hall–Kier alpha value is -6.32. The zero-order chi connectivity index (χ0) is 45.7. The molecule has 1 spiro atoms. The highest BCUT2D eigenvalue weighted by Crippen LogP contribution is 2.59. The van der Waals surface area contributed by atoms with Gasteiger partial charge in [-0.15, -0.1) is 0 Å². The van der Waals surface area contributed by atoms with E-state index in [1.54, 1.807) is 29.3 Å². The Balaban J connectivity index is 0.896. The number of piperidine rings is 1. The lowest BCUT2D eigenvalue weighted by Crippen LogP contribution is -2.54.